The summed E-state index contributed by atoms with van der Waals surface area (Å²) in [6.07, 6.45) is 1.06. The van der Waals surface area contributed by atoms with E-state index >= 15 is 0 Å². The average Bonchev–Trinajstić information content (AvgIpc) is 3.07. The van der Waals surface area contributed by atoms with E-state index in [1.807, 2.05) is 37.4 Å². The number of amides is 1. The molecule has 0 saturated carbocycles. The Balaban J connectivity index is 1.58. The van der Waals surface area contributed by atoms with Gasteiger partial charge in [-0.05, 0) is 48.1 Å². The standard InChI is InChI=1S/C20H27N3OS/c1-15-18-10-12-25-19(18)9-11-23(15)14-20(24)22(4)13-16-5-7-17(8-6-16)21(2)3/h5-8,10,12,15H,9,11,13-14H2,1-4H3/t15-/m0/s1. The number of nitrogens with zero attached hydrogens (tertiary/aromatic N) is 3. The van der Waals surface area contributed by atoms with E-state index < -0.39 is 0 Å². The van der Waals surface area contributed by atoms with Gasteiger partial charge in [0.2, 0.25) is 5.91 Å². The molecule has 0 spiro atoms. The van der Waals surface area contributed by atoms with Crippen LogP contribution < -0.4 is 4.90 Å². The van der Waals surface area contributed by atoms with E-state index in [4.69, 9.17) is 0 Å². The molecule has 1 aromatic heterocycles. The van der Waals surface area contributed by atoms with Gasteiger partial charge in [-0.3, -0.25) is 9.69 Å². The molecular formula is C20H27N3OS. The number of carbonyl (C=O) groups excluding carboxylic acids is 1. The fourth-order valence-electron chi connectivity index (χ4n) is 3.33. The summed E-state index contributed by atoms with van der Waals surface area (Å²) in [7, 11) is 5.96. The number of thiophene rings is 1. The number of fused-ring (bicyclic) bond motifs is 1. The largest absolute Gasteiger partial charge is 0.378 e. The zero-order chi connectivity index (χ0) is 18.0. The van der Waals surface area contributed by atoms with Crippen LogP contribution in [0, 0.1) is 0 Å². The van der Waals surface area contributed by atoms with Gasteiger partial charge in [0, 0.05) is 50.8 Å². The highest BCUT2D eigenvalue weighted by molar-refractivity contribution is 7.10. The lowest BCUT2D eigenvalue weighted by molar-refractivity contribution is -0.132. The molecule has 1 aliphatic heterocycles. The summed E-state index contributed by atoms with van der Waals surface area (Å²) in [5.41, 5.74) is 3.73. The van der Waals surface area contributed by atoms with E-state index in [-0.39, 0.29) is 5.91 Å². The van der Waals surface area contributed by atoms with Gasteiger partial charge in [-0.25, -0.2) is 0 Å². The summed E-state index contributed by atoms with van der Waals surface area (Å²) in [6, 6.07) is 10.9. The van der Waals surface area contributed by atoms with Gasteiger partial charge in [0.05, 0.1) is 6.54 Å². The number of rotatable bonds is 5. The zero-order valence-corrected chi connectivity index (χ0v) is 16.3. The van der Waals surface area contributed by atoms with Gasteiger partial charge < -0.3 is 9.80 Å². The number of carbonyl (C=O) groups is 1. The van der Waals surface area contributed by atoms with Gasteiger partial charge in [-0.15, -0.1) is 11.3 Å². The Labute approximate surface area is 154 Å². The van der Waals surface area contributed by atoms with Crippen LogP contribution in [0.25, 0.3) is 0 Å². The second kappa shape index (κ2) is 7.58. The van der Waals surface area contributed by atoms with Crippen molar-refractivity contribution < 1.29 is 4.79 Å². The molecule has 3 rings (SSSR count). The molecule has 1 amide bonds. The van der Waals surface area contributed by atoms with Crippen LogP contribution in [0.1, 0.15) is 29.0 Å². The van der Waals surface area contributed by atoms with E-state index in [0.717, 1.165) is 18.5 Å². The molecule has 2 aromatic rings. The summed E-state index contributed by atoms with van der Waals surface area (Å²) in [5, 5.41) is 2.16. The molecular weight excluding hydrogens is 330 g/mol. The van der Waals surface area contributed by atoms with Crippen LogP contribution in [0.3, 0.4) is 0 Å². The molecule has 2 heterocycles. The number of benzene rings is 1. The Morgan fingerprint density at radius 3 is 2.60 bits per heavy atom. The fraction of sp³-hybridized carbons (Fsp3) is 0.450. The van der Waals surface area contributed by atoms with Gasteiger partial charge >= 0.3 is 0 Å². The third kappa shape index (κ3) is 4.05. The molecule has 1 atom stereocenters. The Morgan fingerprint density at radius 2 is 1.92 bits per heavy atom. The SMILES string of the molecule is C[C@H]1c2ccsc2CCN1CC(=O)N(C)Cc1ccc(N(C)C)cc1. The molecule has 0 unspecified atom stereocenters. The van der Waals surface area contributed by atoms with Crippen molar-refractivity contribution in [2.75, 3.05) is 39.1 Å². The van der Waals surface area contributed by atoms with Crippen molar-refractivity contribution in [1.29, 1.82) is 0 Å². The first-order valence-corrected chi connectivity index (χ1v) is 9.64. The van der Waals surface area contributed by atoms with Gasteiger partial charge in [-0.2, -0.15) is 0 Å². The van der Waals surface area contributed by atoms with Crippen molar-refractivity contribution >= 4 is 22.9 Å². The van der Waals surface area contributed by atoms with E-state index in [1.165, 1.54) is 16.1 Å². The van der Waals surface area contributed by atoms with Crippen molar-refractivity contribution in [1.82, 2.24) is 9.80 Å². The van der Waals surface area contributed by atoms with Crippen molar-refractivity contribution in [2.24, 2.45) is 0 Å². The van der Waals surface area contributed by atoms with E-state index in [2.05, 4.69) is 52.4 Å². The average molecular weight is 358 g/mol. The predicted molar refractivity (Wildman–Crippen MR) is 105 cm³/mol. The summed E-state index contributed by atoms with van der Waals surface area (Å²) in [5.74, 6) is 0.183. The maximum absolute atomic E-state index is 12.7. The minimum Gasteiger partial charge on any atom is -0.378 e. The van der Waals surface area contributed by atoms with Crippen LogP contribution in [0.15, 0.2) is 35.7 Å². The van der Waals surface area contributed by atoms with Gasteiger partial charge in [0.15, 0.2) is 0 Å². The fourth-order valence-corrected chi connectivity index (χ4v) is 4.30. The van der Waals surface area contributed by atoms with Crippen LogP contribution in [-0.2, 0) is 17.8 Å². The molecule has 0 N–H and O–H groups in total. The Bertz CT molecular complexity index is 723. The lowest BCUT2D eigenvalue weighted by Crippen LogP contribution is -2.41. The van der Waals surface area contributed by atoms with Crippen LogP contribution in [0.2, 0.25) is 0 Å². The molecule has 1 aliphatic rings. The van der Waals surface area contributed by atoms with Gasteiger partial charge in [0.1, 0.15) is 0 Å². The number of anilines is 1. The first-order chi connectivity index (χ1) is 12.0. The van der Waals surface area contributed by atoms with E-state index in [1.54, 1.807) is 0 Å². The van der Waals surface area contributed by atoms with Gasteiger partial charge in [0.25, 0.3) is 0 Å². The lowest BCUT2D eigenvalue weighted by atomic mass is 10.0. The molecule has 0 bridgehead atoms. The quantitative estimate of drug-likeness (QED) is 0.821. The van der Waals surface area contributed by atoms with Crippen molar-refractivity contribution in [3.8, 4) is 0 Å². The molecule has 1 aromatic carbocycles. The smallest absolute Gasteiger partial charge is 0.236 e. The first-order valence-electron chi connectivity index (χ1n) is 8.76. The summed E-state index contributed by atoms with van der Waals surface area (Å²) < 4.78 is 0. The normalized spacial score (nSPS) is 17.2. The number of hydrogen-bond donors (Lipinski definition) is 0. The molecule has 0 aliphatic carbocycles. The van der Waals surface area contributed by atoms with Crippen molar-refractivity contribution in [3.63, 3.8) is 0 Å². The Kier molecular flexibility index (Phi) is 5.45. The van der Waals surface area contributed by atoms with Gasteiger partial charge in [-0.1, -0.05) is 12.1 Å². The molecule has 25 heavy (non-hydrogen) atoms. The minimum atomic E-state index is 0.183. The molecule has 134 valence electrons. The van der Waals surface area contributed by atoms with Crippen LogP contribution in [-0.4, -0.2) is 49.9 Å². The molecule has 0 radical (unpaired) electrons. The molecule has 4 nitrogen and oxygen atoms in total. The molecule has 0 saturated heterocycles. The highest BCUT2D eigenvalue weighted by Gasteiger charge is 2.26. The zero-order valence-electron chi connectivity index (χ0n) is 15.5. The summed E-state index contributed by atoms with van der Waals surface area (Å²) in [6.45, 7) is 4.31. The summed E-state index contributed by atoms with van der Waals surface area (Å²) in [4.78, 5) is 20.3. The second-order valence-electron chi connectivity index (χ2n) is 7.01. The predicted octanol–water partition coefficient (Wildman–Crippen LogP) is 3.39. The van der Waals surface area contributed by atoms with Crippen molar-refractivity contribution in [3.05, 3.63) is 51.7 Å². The van der Waals surface area contributed by atoms with E-state index in [0.29, 0.717) is 19.1 Å². The maximum atomic E-state index is 12.7. The van der Waals surface area contributed by atoms with Crippen LogP contribution in [0.4, 0.5) is 5.69 Å². The van der Waals surface area contributed by atoms with Crippen LogP contribution >= 0.6 is 11.3 Å². The molecule has 0 fully saturated rings. The maximum Gasteiger partial charge on any atom is 0.236 e. The second-order valence-corrected chi connectivity index (χ2v) is 8.01. The first kappa shape index (κ1) is 18.0. The third-order valence-electron chi connectivity index (χ3n) is 5.04. The Hall–Kier alpha value is -1.85. The summed E-state index contributed by atoms with van der Waals surface area (Å²) >= 11 is 1.84. The van der Waals surface area contributed by atoms with Crippen LogP contribution in [0.5, 0.6) is 0 Å². The number of hydrogen-bond acceptors (Lipinski definition) is 4. The topological polar surface area (TPSA) is 26.8 Å². The van der Waals surface area contributed by atoms with E-state index in [9.17, 15) is 4.79 Å². The lowest BCUT2D eigenvalue weighted by Gasteiger charge is -2.34. The third-order valence-corrected chi connectivity index (χ3v) is 6.04. The highest BCUT2D eigenvalue weighted by Crippen LogP contribution is 2.32. The number of likely N-dealkylation sites (N-methyl/N-ethyl adjacent to an activating group) is 1. The Morgan fingerprint density at radius 1 is 1.20 bits per heavy atom. The molecule has 5 heteroatoms. The van der Waals surface area contributed by atoms with Crippen molar-refractivity contribution in [2.45, 2.75) is 25.9 Å². The minimum absolute atomic E-state index is 0.183. The monoisotopic (exact) mass is 357 g/mol. The highest BCUT2D eigenvalue weighted by atomic mass is 32.1.